The fourth-order valence-corrected chi connectivity index (χ4v) is 1.81. The molecule has 108 valence electrons. The molecule has 0 radical (unpaired) electrons. The molecule has 0 atom stereocenters. The van der Waals surface area contributed by atoms with Crippen molar-refractivity contribution >= 4 is 5.91 Å². The first-order valence-corrected chi connectivity index (χ1v) is 7.22. The zero-order valence-electron chi connectivity index (χ0n) is 12.6. The first kappa shape index (κ1) is 17.6. The summed E-state index contributed by atoms with van der Waals surface area (Å²) in [7, 11) is 0. The lowest BCUT2D eigenvalue weighted by Gasteiger charge is -2.19. The molecule has 0 heterocycles. The van der Waals surface area contributed by atoms with E-state index in [9.17, 15) is 4.79 Å². The predicted octanol–water partition coefficient (Wildman–Crippen LogP) is 3.12. The molecule has 1 N–H and O–H groups in total. The molecule has 1 amide bonds. The first-order valence-electron chi connectivity index (χ1n) is 7.22. The van der Waals surface area contributed by atoms with Crippen molar-refractivity contribution in [1.82, 2.24) is 4.90 Å². The molecule has 0 aliphatic carbocycles. The number of carbonyl (C=O) groups excluding carboxylic acids is 1. The molecular weight excluding hydrogens is 238 g/mol. The van der Waals surface area contributed by atoms with Gasteiger partial charge in [-0.15, -0.1) is 0 Å². The van der Waals surface area contributed by atoms with Crippen LogP contribution in [-0.4, -0.2) is 35.6 Å². The lowest BCUT2D eigenvalue weighted by molar-refractivity contribution is 0.0732. The molecule has 0 bridgehead atoms. The summed E-state index contributed by atoms with van der Waals surface area (Å²) in [4.78, 5) is 13.7. The van der Waals surface area contributed by atoms with E-state index in [0.717, 1.165) is 12.8 Å². The average molecular weight is 265 g/mol. The summed E-state index contributed by atoms with van der Waals surface area (Å²) in [6, 6.07) is 7.74. The van der Waals surface area contributed by atoms with Crippen LogP contribution in [0.4, 0.5) is 0 Å². The van der Waals surface area contributed by atoms with Gasteiger partial charge in [-0.3, -0.25) is 4.79 Å². The Hall–Kier alpha value is -1.35. The van der Waals surface area contributed by atoms with Gasteiger partial charge in [0.25, 0.3) is 5.91 Å². The monoisotopic (exact) mass is 265 g/mol. The molecule has 0 saturated heterocycles. The zero-order valence-corrected chi connectivity index (χ0v) is 12.6. The SMILES string of the molecule is CC.CCCc1ccc(C(=O)N(CC)CCO)cc1. The van der Waals surface area contributed by atoms with Gasteiger partial charge >= 0.3 is 0 Å². The molecule has 1 aromatic rings. The lowest BCUT2D eigenvalue weighted by atomic mass is 10.1. The number of aryl methyl sites for hydroxylation is 1. The van der Waals surface area contributed by atoms with Gasteiger partial charge in [-0.25, -0.2) is 0 Å². The number of hydrogen-bond donors (Lipinski definition) is 1. The molecule has 0 fully saturated rings. The van der Waals surface area contributed by atoms with Gasteiger partial charge in [-0.1, -0.05) is 39.3 Å². The number of aliphatic hydroxyl groups is 1. The number of nitrogens with zero attached hydrogens (tertiary/aromatic N) is 1. The molecule has 0 aliphatic rings. The molecular formula is C16H27NO2. The second-order valence-corrected chi connectivity index (χ2v) is 4.06. The molecule has 19 heavy (non-hydrogen) atoms. The van der Waals surface area contributed by atoms with Crippen molar-refractivity contribution in [2.75, 3.05) is 19.7 Å². The van der Waals surface area contributed by atoms with Crippen molar-refractivity contribution < 1.29 is 9.90 Å². The Bertz CT molecular complexity index is 346. The minimum absolute atomic E-state index is 0.00744. The number of amides is 1. The highest BCUT2D eigenvalue weighted by molar-refractivity contribution is 5.94. The van der Waals surface area contributed by atoms with E-state index in [1.165, 1.54) is 5.56 Å². The van der Waals surface area contributed by atoms with Gasteiger partial charge in [0.1, 0.15) is 0 Å². The van der Waals surface area contributed by atoms with Crippen molar-refractivity contribution in [1.29, 1.82) is 0 Å². The molecule has 0 aliphatic heterocycles. The van der Waals surface area contributed by atoms with E-state index in [1.807, 2.05) is 45.0 Å². The van der Waals surface area contributed by atoms with E-state index in [2.05, 4.69) is 6.92 Å². The van der Waals surface area contributed by atoms with Crippen LogP contribution in [0.2, 0.25) is 0 Å². The Labute approximate surface area is 117 Å². The molecule has 3 nitrogen and oxygen atoms in total. The highest BCUT2D eigenvalue weighted by Crippen LogP contribution is 2.09. The fraction of sp³-hybridized carbons (Fsp3) is 0.562. The van der Waals surface area contributed by atoms with E-state index < -0.39 is 0 Å². The summed E-state index contributed by atoms with van der Waals surface area (Å²) < 4.78 is 0. The summed E-state index contributed by atoms with van der Waals surface area (Å²) in [5.41, 5.74) is 1.95. The van der Waals surface area contributed by atoms with Crippen LogP contribution in [0, 0.1) is 0 Å². The summed E-state index contributed by atoms with van der Waals surface area (Å²) in [5, 5.41) is 8.88. The van der Waals surface area contributed by atoms with Gasteiger partial charge in [0.15, 0.2) is 0 Å². The summed E-state index contributed by atoms with van der Waals surface area (Å²) in [6.45, 7) is 9.08. The number of likely N-dealkylation sites (N-methyl/N-ethyl adjacent to an activating group) is 1. The van der Waals surface area contributed by atoms with E-state index >= 15 is 0 Å². The van der Waals surface area contributed by atoms with Crippen LogP contribution in [0.1, 0.15) is 50.0 Å². The zero-order chi connectivity index (χ0) is 14.7. The van der Waals surface area contributed by atoms with E-state index in [1.54, 1.807) is 4.90 Å². The van der Waals surface area contributed by atoms with Crippen LogP contribution in [-0.2, 0) is 6.42 Å². The van der Waals surface area contributed by atoms with Crippen LogP contribution in [0.25, 0.3) is 0 Å². The van der Waals surface area contributed by atoms with Crippen molar-refractivity contribution in [2.45, 2.75) is 40.5 Å². The average Bonchev–Trinajstić information content (AvgIpc) is 2.47. The normalized spacial score (nSPS) is 9.53. The minimum atomic E-state index is -0.00963. The predicted molar refractivity (Wildman–Crippen MR) is 80.4 cm³/mol. The standard InChI is InChI=1S/C14H21NO2.C2H6/c1-3-5-12-6-8-13(9-7-12)14(17)15(4-2)10-11-16;1-2/h6-9,16H,3-5,10-11H2,1-2H3;1-2H3. The van der Waals surface area contributed by atoms with Crippen molar-refractivity contribution in [3.05, 3.63) is 35.4 Å². The Kier molecular flexibility index (Phi) is 9.81. The van der Waals surface area contributed by atoms with Crippen molar-refractivity contribution in [3.8, 4) is 0 Å². The summed E-state index contributed by atoms with van der Waals surface area (Å²) in [5.74, 6) is -0.00963. The molecule has 0 unspecified atom stereocenters. The molecule has 0 saturated carbocycles. The highest BCUT2D eigenvalue weighted by atomic mass is 16.3. The van der Waals surface area contributed by atoms with Gasteiger partial charge in [0.05, 0.1) is 6.61 Å². The Morgan fingerprint density at radius 1 is 1.16 bits per heavy atom. The quantitative estimate of drug-likeness (QED) is 0.858. The second kappa shape index (κ2) is 10.6. The maximum atomic E-state index is 12.0. The van der Waals surface area contributed by atoms with Crippen LogP contribution in [0.3, 0.4) is 0 Å². The number of rotatable bonds is 6. The third kappa shape index (κ3) is 5.88. The van der Waals surface area contributed by atoms with Gasteiger partial charge < -0.3 is 10.0 Å². The smallest absolute Gasteiger partial charge is 0.253 e. The largest absolute Gasteiger partial charge is 0.395 e. The third-order valence-corrected chi connectivity index (χ3v) is 2.78. The van der Waals surface area contributed by atoms with Gasteiger partial charge in [0, 0.05) is 18.7 Å². The molecule has 3 heteroatoms. The Morgan fingerprint density at radius 3 is 2.16 bits per heavy atom. The molecule has 1 aromatic carbocycles. The summed E-state index contributed by atoms with van der Waals surface area (Å²) >= 11 is 0. The fourth-order valence-electron chi connectivity index (χ4n) is 1.81. The van der Waals surface area contributed by atoms with E-state index in [0.29, 0.717) is 18.7 Å². The maximum absolute atomic E-state index is 12.0. The molecule has 0 spiro atoms. The maximum Gasteiger partial charge on any atom is 0.253 e. The highest BCUT2D eigenvalue weighted by Gasteiger charge is 2.12. The Balaban J connectivity index is 0.00000154. The molecule has 1 rings (SSSR count). The van der Waals surface area contributed by atoms with Gasteiger partial charge in [-0.05, 0) is 31.0 Å². The minimum Gasteiger partial charge on any atom is -0.395 e. The number of aliphatic hydroxyl groups excluding tert-OH is 1. The van der Waals surface area contributed by atoms with Gasteiger partial charge in [-0.2, -0.15) is 0 Å². The first-order chi connectivity index (χ1) is 9.22. The second-order valence-electron chi connectivity index (χ2n) is 4.06. The summed E-state index contributed by atoms with van der Waals surface area (Å²) in [6.07, 6.45) is 2.15. The van der Waals surface area contributed by atoms with Crippen molar-refractivity contribution in [3.63, 3.8) is 0 Å². The van der Waals surface area contributed by atoms with Gasteiger partial charge in [0.2, 0.25) is 0 Å². The Morgan fingerprint density at radius 2 is 1.74 bits per heavy atom. The van der Waals surface area contributed by atoms with Crippen LogP contribution in [0.15, 0.2) is 24.3 Å². The van der Waals surface area contributed by atoms with Crippen LogP contribution >= 0.6 is 0 Å². The molecule has 0 aromatic heterocycles. The van der Waals surface area contributed by atoms with Crippen LogP contribution in [0.5, 0.6) is 0 Å². The lowest BCUT2D eigenvalue weighted by Crippen LogP contribution is -2.33. The van der Waals surface area contributed by atoms with E-state index in [4.69, 9.17) is 5.11 Å². The third-order valence-electron chi connectivity index (χ3n) is 2.78. The van der Waals surface area contributed by atoms with Crippen molar-refractivity contribution in [2.24, 2.45) is 0 Å². The topological polar surface area (TPSA) is 40.5 Å². The van der Waals surface area contributed by atoms with E-state index in [-0.39, 0.29) is 12.5 Å². The van der Waals surface area contributed by atoms with Crippen LogP contribution < -0.4 is 0 Å². The number of benzene rings is 1. The number of carbonyl (C=O) groups is 1. The number of hydrogen-bond acceptors (Lipinski definition) is 2.